The van der Waals surface area contributed by atoms with Crippen molar-refractivity contribution in [3.63, 3.8) is 0 Å². The monoisotopic (exact) mass is 348 g/mol. The van der Waals surface area contributed by atoms with Gasteiger partial charge in [0, 0.05) is 18.5 Å². The fourth-order valence-electron chi connectivity index (χ4n) is 3.41. The molecule has 2 fully saturated rings. The van der Waals surface area contributed by atoms with Gasteiger partial charge in [-0.15, -0.1) is 0 Å². The number of hydrogen-bond donors (Lipinski definition) is 3. The highest BCUT2D eigenvalue weighted by molar-refractivity contribution is 8.13. The van der Waals surface area contributed by atoms with E-state index >= 15 is 0 Å². The number of ether oxygens (including phenoxy) is 1. The van der Waals surface area contributed by atoms with Crippen LogP contribution in [-0.2, 0) is 0 Å². The van der Waals surface area contributed by atoms with Gasteiger partial charge in [-0.2, -0.15) is 0 Å². The number of methoxy groups -OCH3 is 1. The molecule has 0 amide bonds. The second-order valence-corrected chi connectivity index (χ2v) is 7.28. The van der Waals surface area contributed by atoms with Crippen molar-refractivity contribution in [3.8, 4) is 5.75 Å². The van der Waals surface area contributed by atoms with E-state index in [2.05, 4.69) is 34.6 Å². The number of nitrogens with one attached hydrogen (secondary N) is 3. The molecule has 0 aromatic heterocycles. The maximum absolute atomic E-state index is 5.32. The minimum absolute atomic E-state index is 0.0970. The van der Waals surface area contributed by atoms with Crippen molar-refractivity contribution in [1.82, 2.24) is 16.2 Å². The second kappa shape index (κ2) is 8.74. The molecule has 3 N–H and O–H groups in total. The van der Waals surface area contributed by atoms with Crippen LogP contribution in [0.15, 0.2) is 29.3 Å². The van der Waals surface area contributed by atoms with E-state index in [0.717, 1.165) is 17.3 Å². The van der Waals surface area contributed by atoms with E-state index in [4.69, 9.17) is 9.73 Å². The number of thioether (sulfide) groups is 1. The minimum Gasteiger partial charge on any atom is -0.497 e. The summed E-state index contributed by atoms with van der Waals surface area (Å²) in [6, 6.07) is 9.07. The summed E-state index contributed by atoms with van der Waals surface area (Å²) in [7, 11) is 1.70. The molecule has 3 rings (SSSR count). The van der Waals surface area contributed by atoms with Gasteiger partial charge >= 0.3 is 0 Å². The summed E-state index contributed by atoms with van der Waals surface area (Å²) >= 11 is 1.70. The quantitative estimate of drug-likeness (QED) is 0.576. The molecule has 1 aliphatic heterocycles. The number of aliphatic imine (C=N–C) groups is 1. The minimum atomic E-state index is 0.0970. The first-order valence-electron chi connectivity index (χ1n) is 8.82. The Bertz CT molecular complexity index is 560. The standard InChI is InChI=1S/C18H28N4OS/c1-23-15-10-6-7-13(11-15)16-12-17(22-21-16)20-18(24-2)19-14-8-4-3-5-9-14/h6-7,10-11,14,16-17,21-22H,3-5,8-9,12H2,1-2H3,(H,19,20). The second-order valence-electron chi connectivity index (χ2n) is 6.49. The highest BCUT2D eigenvalue weighted by atomic mass is 32.2. The number of nitrogens with zero attached hydrogens (tertiary/aromatic N) is 1. The van der Waals surface area contributed by atoms with E-state index < -0.39 is 0 Å². The fraction of sp³-hybridized carbons (Fsp3) is 0.611. The molecule has 1 saturated carbocycles. The maximum Gasteiger partial charge on any atom is 0.158 e. The number of amidine groups is 1. The van der Waals surface area contributed by atoms with Crippen LogP contribution in [0.1, 0.15) is 50.1 Å². The Labute approximate surface area is 149 Å². The zero-order valence-corrected chi connectivity index (χ0v) is 15.4. The van der Waals surface area contributed by atoms with E-state index in [1.54, 1.807) is 18.9 Å². The summed E-state index contributed by atoms with van der Waals surface area (Å²) in [6.45, 7) is 0. The average Bonchev–Trinajstić information content (AvgIpc) is 3.10. The molecule has 24 heavy (non-hydrogen) atoms. The Morgan fingerprint density at radius 2 is 2.08 bits per heavy atom. The van der Waals surface area contributed by atoms with Crippen LogP contribution in [-0.4, -0.2) is 30.7 Å². The Morgan fingerprint density at radius 1 is 1.25 bits per heavy atom. The molecule has 1 saturated heterocycles. The summed E-state index contributed by atoms with van der Waals surface area (Å²) < 4.78 is 5.32. The highest BCUT2D eigenvalue weighted by Crippen LogP contribution is 2.26. The fourth-order valence-corrected chi connectivity index (χ4v) is 3.93. The average molecular weight is 349 g/mol. The molecular weight excluding hydrogens is 320 g/mol. The van der Waals surface area contributed by atoms with Gasteiger partial charge in [-0.25, -0.2) is 15.8 Å². The summed E-state index contributed by atoms with van der Waals surface area (Å²) in [4.78, 5) is 4.87. The van der Waals surface area contributed by atoms with Gasteiger partial charge in [0.1, 0.15) is 11.9 Å². The van der Waals surface area contributed by atoms with Crippen LogP contribution in [0.3, 0.4) is 0 Å². The predicted molar refractivity (Wildman–Crippen MR) is 101 cm³/mol. The molecule has 132 valence electrons. The summed E-state index contributed by atoms with van der Waals surface area (Å²) in [5.41, 5.74) is 7.90. The molecule has 1 aliphatic carbocycles. The van der Waals surface area contributed by atoms with Crippen molar-refractivity contribution in [2.75, 3.05) is 13.4 Å². The first-order chi connectivity index (χ1) is 11.8. The summed E-state index contributed by atoms with van der Waals surface area (Å²) in [5.74, 6) is 0.894. The summed E-state index contributed by atoms with van der Waals surface area (Å²) in [6.07, 6.45) is 9.70. The van der Waals surface area contributed by atoms with Crippen molar-refractivity contribution < 1.29 is 4.74 Å². The van der Waals surface area contributed by atoms with Crippen molar-refractivity contribution in [3.05, 3.63) is 29.8 Å². The van der Waals surface area contributed by atoms with E-state index in [0.29, 0.717) is 6.04 Å². The van der Waals surface area contributed by atoms with Crippen molar-refractivity contribution in [2.45, 2.75) is 56.8 Å². The van der Waals surface area contributed by atoms with E-state index in [1.807, 2.05) is 12.1 Å². The zero-order chi connectivity index (χ0) is 16.8. The molecule has 1 aromatic rings. The van der Waals surface area contributed by atoms with Gasteiger partial charge in [0.2, 0.25) is 0 Å². The number of hydrazine groups is 1. The lowest BCUT2D eigenvalue weighted by molar-refractivity contribution is 0.413. The number of hydrogen-bond acceptors (Lipinski definition) is 5. The topological polar surface area (TPSA) is 57.7 Å². The van der Waals surface area contributed by atoms with E-state index in [1.165, 1.54) is 37.7 Å². The van der Waals surface area contributed by atoms with Gasteiger partial charge in [-0.05, 0) is 36.8 Å². The third kappa shape index (κ3) is 4.65. The molecule has 5 nitrogen and oxygen atoms in total. The van der Waals surface area contributed by atoms with Crippen LogP contribution in [0.5, 0.6) is 5.75 Å². The molecule has 1 heterocycles. The lowest BCUT2D eigenvalue weighted by Crippen LogP contribution is -2.37. The van der Waals surface area contributed by atoms with Crippen LogP contribution in [0.25, 0.3) is 0 Å². The Balaban J connectivity index is 1.58. The molecule has 2 aliphatic rings. The zero-order valence-electron chi connectivity index (χ0n) is 14.5. The SMILES string of the molecule is COc1cccc(C2CC(/N=C(/NC3CCCCC3)SC)NN2)c1. The number of benzene rings is 1. The molecule has 2 atom stereocenters. The van der Waals surface area contributed by atoms with Gasteiger partial charge in [0.15, 0.2) is 5.17 Å². The first-order valence-corrected chi connectivity index (χ1v) is 10.0. The smallest absolute Gasteiger partial charge is 0.158 e. The molecule has 6 heteroatoms. The van der Waals surface area contributed by atoms with Crippen LogP contribution in [0.2, 0.25) is 0 Å². The Kier molecular flexibility index (Phi) is 6.40. The maximum atomic E-state index is 5.32. The van der Waals surface area contributed by atoms with Crippen LogP contribution in [0, 0.1) is 0 Å². The van der Waals surface area contributed by atoms with E-state index in [-0.39, 0.29) is 12.2 Å². The van der Waals surface area contributed by atoms with E-state index in [9.17, 15) is 0 Å². The Morgan fingerprint density at radius 3 is 2.83 bits per heavy atom. The van der Waals surface area contributed by atoms with Gasteiger partial charge in [0.05, 0.1) is 7.11 Å². The lowest BCUT2D eigenvalue weighted by atomic mass is 9.96. The number of rotatable bonds is 4. The van der Waals surface area contributed by atoms with Crippen LogP contribution < -0.4 is 20.9 Å². The first kappa shape index (κ1) is 17.6. The van der Waals surface area contributed by atoms with Gasteiger partial charge < -0.3 is 10.1 Å². The molecule has 2 unspecified atom stereocenters. The van der Waals surface area contributed by atoms with Gasteiger partial charge in [-0.1, -0.05) is 43.2 Å². The molecule has 0 spiro atoms. The third-order valence-corrected chi connectivity index (χ3v) is 5.39. The normalized spacial score (nSPS) is 25.7. The van der Waals surface area contributed by atoms with Crippen molar-refractivity contribution in [1.29, 1.82) is 0 Å². The largest absolute Gasteiger partial charge is 0.497 e. The van der Waals surface area contributed by atoms with Crippen LogP contribution >= 0.6 is 11.8 Å². The highest BCUT2D eigenvalue weighted by Gasteiger charge is 2.25. The molecule has 1 aromatic carbocycles. The van der Waals surface area contributed by atoms with Crippen LogP contribution in [0.4, 0.5) is 0 Å². The Hall–Kier alpha value is -1.24. The molecular formula is C18H28N4OS. The molecule has 0 bridgehead atoms. The van der Waals surface area contributed by atoms with Crippen molar-refractivity contribution in [2.24, 2.45) is 4.99 Å². The lowest BCUT2D eigenvalue weighted by Gasteiger charge is -2.24. The van der Waals surface area contributed by atoms with Gasteiger partial charge in [-0.3, -0.25) is 0 Å². The molecule has 0 radical (unpaired) electrons. The third-order valence-electron chi connectivity index (χ3n) is 4.78. The van der Waals surface area contributed by atoms with Crippen molar-refractivity contribution >= 4 is 16.9 Å². The van der Waals surface area contributed by atoms with Gasteiger partial charge in [0.25, 0.3) is 0 Å². The summed E-state index contributed by atoms with van der Waals surface area (Å²) in [5, 5.41) is 4.68. The predicted octanol–water partition coefficient (Wildman–Crippen LogP) is 3.20.